The van der Waals surface area contributed by atoms with E-state index in [1.54, 1.807) is 0 Å². The van der Waals surface area contributed by atoms with Gasteiger partial charge in [0.15, 0.2) is 0 Å². The number of nitrogens with zero attached hydrogens (tertiary/aromatic N) is 3. The van der Waals surface area contributed by atoms with Gasteiger partial charge in [0, 0.05) is 18.8 Å². The number of nitriles is 1. The predicted octanol–water partition coefficient (Wildman–Crippen LogP) is 2.35. The van der Waals surface area contributed by atoms with Gasteiger partial charge in [-0.2, -0.15) is 5.26 Å². The fraction of sp³-hybridized carbons (Fsp3) is 0.538. The molecule has 2 heterocycles. The van der Waals surface area contributed by atoms with Crippen molar-refractivity contribution in [2.75, 3.05) is 18.0 Å². The summed E-state index contributed by atoms with van der Waals surface area (Å²) in [5, 5.41) is 8.94. The Bertz CT molecular complexity index is 423. The first-order valence-corrected chi connectivity index (χ1v) is 5.74. The van der Waals surface area contributed by atoms with Gasteiger partial charge in [-0.25, -0.2) is 4.98 Å². The largest absolute Gasteiger partial charge is 0.356 e. The number of aryl methyl sites for hydroxylation is 1. The first-order valence-electron chi connectivity index (χ1n) is 5.74. The van der Waals surface area contributed by atoms with Crippen LogP contribution in [-0.2, 0) is 0 Å². The molecule has 1 aromatic rings. The summed E-state index contributed by atoms with van der Waals surface area (Å²) in [5.74, 6) is 2.36. The molecule has 1 aliphatic heterocycles. The first kappa shape index (κ1) is 10.9. The van der Waals surface area contributed by atoms with Gasteiger partial charge in [0.2, 0.25) is 0 Å². The van der Waals surface area contributed by atoms with Crippen molar-refractivity contribution < 1.29 is 0 Å². The van der Waals surface area contributed by atoms with Crippen LogP contribution < -0.4 is 4.90 Å². The molecule has 1 aliphatic rings. The summed E-state index contributed by atoms with van der Waals surface area (Å²) >= 11 is 0. The number of hydrogen-bond acceptors (Lipinski definition) is 3. The molecule has 0 aromatic carbocycles. The van der Waals surface area contributed by atoms with Crippen LogP contribution in [0.5, 0.6) is 0 Å². The van der Waals surface area contributed by atoms with Crippen LogP contribution in [-0.4, -0.2) is 18.1 Å². The highest BCUT2D eigenvalue weighted by atomic mass is 15.2. The quantitative estimate of drug-likeness (QED) is 0.722. The van der Waals surface area contributed by atoms with Crippen LogP contribution in [0.1, 0.15) is 25.1 Å². The van der Waals surface area contributed by atoms with Gasteiger partial charge >= 0.3 is 0 Å². The molecule has 0 spiro atoms. The van der Waals surface area contributed by atoms with Gasteiger partial charge in [0.1, 0.15) is 5.82 Å². The number of pyridine rings is 1. The molecule has 3 nitrogen and oxygen atoms in total. The third-order valence-electron chi connectivity index (χ3n) is 3.38. The molecule has 16 heavy (non-hydrogen) atoms. The van der Waals surface area contributed by atoms with Gasteiger partial charge in [-0.05, 0) is 30.9 Å². The molecule has 1 fully saturated rings. The lowest BCUT2D eigenvalue weighted by Gasteiger charge is -2.17. The standard InChI is InChI=1S/C13H17N3/c1-9-7-16(8-10(9)2)13-5-12(6-14)4-11(3)15-13/h4-5,9-10H,7-8H2,1-3H3. The lowest BCUT2D eigenvalue weighted by Crippen LogP contribution is -2.21. The second-order valence-corrected chi connectivity index (χ2v) is 4.83. The van der Waals surface area contributed by atoms with E-state index in [0.29, 0.717) is 17.4 Å². The van der Waals surface area contributed by atoms with Crippen molar-refractivity contribution in [3.05, 3.63) is 23.4 Å². The highest BCUT2D eigenvalue weighted by molar-refractivity contribution is 5.47. The van der Waals surface area contributed by atoms with Crippen LogP contribution in [0.15, 0.2) is 12.1 Å². The van der Waals surface area contributed by atoms with E-state index in [0.717, 1.165) is 24.6 Å². The Hall–Kier alpha value is -1.56. The van der Waals surface area contributed by atoms with Crippen molar-refractivity contribution in [1.82, 2.24) is 4.98 Å². The van der Waals surface area contributed by atoms with Crippen molar-refractivity contribution in [2.24, 2.45) is 11.8 Å². The van der Waals surface area contributed by atoms with Crippen molar-refractivity contribution in [3.63, 3.8) is 0 Å². The normalized spacial score (nSPS) is 24.5. The maximum absolute atomic E-state index is 8.94. The lowest BCUT2D eigenvalue weighted by molar-refractivity contribution is 0.494. The summed E-state index contributed by atoms with van der Waals surface area (Å²) in [7, 11) is 0. The SMILES string of the molecule is Cc1cc(C#N)cc(N2CC(C)C(C)C2)n1. The van der Waals surface area contributed by atoms with Crippen molar-refractivity contribution in [2.45, 2.75) is 20.8 Å². The molecule has 0 bridgehead atoms. The van der Waals surface area contributed by atoms with Crippen molar-refractivity contribution in [1.29, 1.82) is 5.26 Å². The summed E-state index contributed by atoms with van der Waals surface area (Å²) in [6.07, 6.45) is 0. The summed E-state index contributed by atoms with van der Waals surface area (Å²) < 4.78 is 0. The van der Waals surface area contributed by atoms with E-state index in [-0.39, 0.29) is 0 Å². The Labute approximate surface area is 96.7 Å². The van der Waals surface area contributed by atoms with Crippen molar-refractivity contribution in [3.8, 4) is 6.07 Å². The zero-order valence-electron chi connectivity index (χ0n) is 10.1. The topological polar surface area (TPSA) is 39.9 Å². The average Bonchev–Trinajstić information content (AvgIpc) is 2.58. The van der Waals surface area contributed by atoms with E-state index in [9.17, 15) is 0 Å². The molecular formula is C13H17N3. The molecule has 1 saturated heterocycles. The van der Waals surface area contributed by atoms with Crippen LogP contribution in [0.3, 0.4) is 0 Å². The van der Waals surface area contributed by atoms with Crippen LogP contribution >= 0.6 is 0 Å². The molecule has 0 saturated carbocycles. The highest BCUT2D eigenvalue weighted by Crippen LogP contribution is 2.27. The maximum atomic E-state index is 8.94. The van der Waals surface area contributed by atoms with Gasteiger partial charge in [-0.1, -0.05) is 13.8 Å². The zero-order chi connectivity index (χ0) is 11.7. The lowest BCUT2D eigenvalue weighted by atomic mass is 10.0. The molecule has 0 amide bonds. The maximum Gasteiger partial charge on any atom is 0.130 e. The second-order valence-electron chi connectivity index (χ2n) is 4.83. The monoisotopic (exact) mass is 215 g/mol. The van der Waals surface area contributed by atoms with Crippen LogP contribution in [0.2, 0.25) is 0 Å². The Kier molecular flexibility index (Phi) is 2.82. The summed E-state index contributed by atoms with van der Waals surface area (Å²) in [5.41, 5.74) is 1.62. The fourth-order valence-corrected chi connectivity index (χ4v) is 2.19. The van der Waals surface area contributed by atoms with Crippen molar-refractivity contribution >= 4 is 5.82 Å². The van der Waals surface area contributed by atoms with Crippen LogP contribution in [0.4, 0.5) is 5.82 Å². The van der Waals surface area contributed by atoms with E-state index < -0.39 is 0 Å². The molecule has 3 heteroatoms. The highest BCUT2D eigenvalue weighted by Gasteiger charge is 2.27. The molecule has 0 radical (unpaired) electrons. The summed E-state index contributed by atoms with van der Waals surface area (Å²) in [6, 6.07) is 5.90. The second kappa shape index (κ2) is 4.13. The van der Waals surface area contributed by atoms with Gasteiger partial charge in [-0.3, -0.25) is 0 Å². The third-order valence-corrected chi connectivity index (χ3v) is 3.38. The third kappa shape index (κ3) is 2.01. The van der Waals surface area contributed by atoms with E-state index in [2.05, 4.69) is 29.8 Å². The molecule has 0 N–H and O–H groups in total. The van der Waals surface area contributed by atoms with Gasteiger partial charge in [0.05, 0.1) is 11.6 Å². The zero-order valence-corrected chi connectivity index (χ0v) is 10.1. The summed E-state index contributed by atoms with van der Waals surface area (Å²) in [6.45, 7) is 8.57. The van der Waals surface area contributed by atoms with Gasteiger partial charge < -0.3 is 4.90 Å². The molecule has 2 atom stereocenters. The molecule has 2 unspecified atom stereocenters. The smallest absolute Gasteiger partial charge is 0.130 e. The van der Waals surface area contributed by atoms with Gasteiger partial charge in [-0.15, -0.1) is 0 Å². The molecule has 1 aromatic heterocycles. The minimum atomic E-state index is 0.702. The Morgan fingerprint density at radius 3 is 2.50 bits per heavy atom. The van der Waals surface area contributed by atoms with E-state index in [1.807, 2.05) is 19.1 Å². The van der Waals surface area contributed by atoms with E-state index in [1.165, 1.54) is 0 Å². The molecular weight excluding hydrogens is 198 g/mol. The number of rotatable bonds is 1. The van der Waals surface area contributed by atoms with Gasteiger partial charge in [0.25, 0.3) is 0 Å². The molecule has 0 aliphatic carbocycles. The molecule has 2 rings (SSSR count). The number of hydrogen-bond donors (Lipinski definition) is 0. The Morgan fingerprint density at radius 2 is 1.94 bits per heavy atom. The Morgan fingerprint density at radius 1 is 1.31 bits per heavy atom. The average molecular weight is 215 g/mol. The Balaban J connectivity index is 2.28. The minimum absolute atomic E-state index is 0.702. The molecule has 84 valence electrons. The van der Waals surface area contributed by atoms with E-state index in [4.69, 9.17) is 5.26 Å². The minimum Gasteiger partial charge on any atom is -0.356 e. The number of anilines is 1. The number of aromatic nitrogens is 1. The summed E-state index contributed by atoms with van der Waals surface area (Å²) in [4.78, 5) is 6.79. The fourth-order valence-electron chi connectivity index (χ4n) is 2.19. The first-order chi connectivity index (χ1) is 7.60. The van der Waals surface area contributed by atoms with Crippen LogP contribution in [0.25, 0.3) is 0 Å². The van der Waals surface area contributed by atoms with E-state index >= 15 is 0 Å². The predicted molar refractivity (Wildman–Crippen MR) is 64.2 cm³/mol. The van der Waals surface area contributed by atoms with Crippen LogP contribution in [0, 0.1) is 30.1 Å².